The van der Waals surface area contributed by atoms with E-state index in [1.54, 1.807) is 11.0 Å². The van der Waals surface area contributed by atoms with Gasteiger partial charge < -0.3 is 4.42 Å². The molecule has 0 N–H and O–H groups in total. The van der Waals surface area contributed by atoms with Crippen LogP contribution in [0, 0.1) is 6.92 Å². The maximum Gasteiger partial charge on any atom is 0.266 e. The van der Waals surface area contributed by atoms with E-state index in [0.29, 0.717) is 28.2 Å². The van der Waals surface area contributed by atoms with Gasteiger partial charge in [0.1, 0.15) is 11.5 Å². The van der Waals surface area contributed by atoms with Crippen molar-refractivity contribution < 1.29 is 9.21 Å². The van der Waals surface area contributed by atoms with Gasteiger partial charge in [0, 0.05) is 28.4 Å². The molecular formula is C22H18BrN3O2S. The Morgan fingerprint density at radius 1 is 1.17 bits per heavy atom. The molecule has 2 aromatic heterocycles. The first kappa shape index (κ1) is 19.7. The van der Waals surface area contributed by atoms with E-state index in [9.17, 15) is 4.79 Å². The van der Waals surface area contributed by atoms with Crippen molar-refractivity contribution in [2.24, 2.45) is 4.99 Å². The Morgan fingerprint density at radius 3 is 2.69 bits per heavy atom. The van der Waals surface area contributed by atoms with Gasteiger partial charge in [-0.3, -0.25) is 9.69 Å². The quantitative estimate of drug-likeness (QED) is 0.439. The molecule has 7 heteroatoms. The molecule has 1 amide bonds. The van der Waals surface area contributed by atoms with E-state index in [1.807, 2.05) is 68.4 Å². The van der Waals surface area contributed by atoms with Crippen molar-refractivity contribution in [3.8, 4) is 11.3 Å². The van der Waals surface area contributed by atoms with Crippen LogP contribution in [0.25, 0.3) is 17.4 Å². The van der Waals surface area contributed by atoms with Crippen LogP contribution < -0.4 is 0 Å². The van der Waals surface area contributed by atoms with Crippen LogP contribution in [-0.2, 0) is 4.79 Å². The lowest BCUT2D eigenvalue weighted by Crippen LogP contribution is -2.28. The van der Waals surface area contributed by atoms with Gasteiger partial charge >= 0.3 is 0 Å². The molecule has 0 atom stereocenters. The van der Waals surface area contributed by atoms with Crippen LogP contribution in [0.1, 0.15) is 18.4 Å². The maximum atomic E-state index is 12.8. The van der Waals surface area contributed by atoms with Crippen molar-refractivity contribution in [3.05, 3.63) is 75.4 Å². The Kier molecular flexibility index (Phi) is 5.69. The number of nitrogens with zero attached hydrogens (tertiary/aromatic N) is 3. The maximum absolute atomic E-state index is 12.8. The highest BCUT2D eigenvalue weighted by atomic mass is 79.9. The summed E-state index contributed by atoms with van der Waals surface area (Å²) in [4.78, 5) is 24.0. The summed E-state index contributed by atoms with van der Waals surface area (Å²) in [5, 5.41) is 0.626. The average Bonchev–Trinajstić information content (AvgIpc) is 3.27. The van der Waals surface area contributed by atoms with Crippen molar-refractivity contribution in [1.29, 1.82) is 0 Å². The van der Waals surface area contributed by atoms with Gasteiger partial charge in [-0.1, -0.05) is 34.1 Å². The van der Waals surface area contributed by atoms with Crippen molar-refractivity contribution in [3.63, 3.8) is 0 Å². The summed E-state index contributed by atoms with van der Waals surface area (Å²) in [6.45, 7) is 4.38. The fourth-order valence-electron chi connectivity index (χ4n) is 2.89. The van der Waals surface area contributed by atoms with Crippen LogP contribution in [0.4, 0.5) is 5.82 Å². The number of aromatic nitrogens is 1. The number of aryl methyl sites for hydroxylation is 1. The van der Waals surface area contributed by atoms with Crippen molar-refractivity contribution in [2.75, 3.05) is 6.54 Å². The first-order valence-corrected chi connectivity index (χ1v) is 10.7. The van der Waals surface area contributed by atoms with E-state index in [4.69, 9.17) is 4.42 Å². The molecule has 1 fully saturated rings. The molecule has 4 rings (SSSR count). The molecule has 146 valence electrons. The molecule has 1 aliphatic rings. The normalized spacial score (nSPS) is 16.9. The fourth-order valence-corrected chi connectivity index (χ4v) is 4.18. The van der Waals surface area contributed by atoms with Gasteiger partial charge in [-0.15, -0.1) is 0 Å². The third-order valence-electron chi connectivity index (χ3n) is 4.32. The predicted molar refractivity (Wildman–Crippen MR) is 121 cm³/mol. The van der Waals surface area contributed by atoms with Crippen LogP contribution in [0.15, 0.2) is 73.4 Å². The number of halogens is 1. The van der Waals surface area contributed by atoms with E-state index in [1.165, 1.54) is 11.8 Å². The second-order valence-electron chi connectivity index (χ2n) is 6.40. The van der Waals surface area contributed by atoms with Gasteiger partial charge in [-0.05, 0) is 62.0 Å². The minimum Gasteiger partial charge on any atom is -0.457 e. The fraction of sp³-hybridized carbons (Fsp3) is 0.136. The molecule has 0 saturated carbocycles. The monoisotopic (exact) mass is 467 g/mol. The van der Waals surface area contributed by atoms with E-state index < -0.39 is 0 Å². The lowest BCUT2D eigenvalue weighted by molar-refractivity contribution is -0.122. The molecule has 0 bridgehead atoms. The van der Waals surface area contributed by atoms with Gasteiger partial charge in [-0.2, -0.15) is 0 Å². The number of thioether (sulfide) groups is 1. The Labute approximate surface area is 181 Å². The van der Waals surface area contributed by atoms with Crippen LogP contribution in [0.3, 0.4) is 0 Å². The molecule has 1 aliphatic heterocycles. The molecule has 0 aliphatic carbocycles. The first-order chi connectivity index (χ1) is 14.0. The summed E-state index contributed by atoms with van der Waals surface area (Å²) in [6.07, 6.45) is 1.77. The van der Waals surface area contributed by atoms with E-state index in [-0.39, 0.29) is 5.91 Å². The molecule has 29 heavy (non-hydrogen) atoms. The molecule has 0 unspecified atom stereocenters. The molecular weight excluding hydrogens is 450 g/mol. The summed E-state index contributed by atoms with van der Waals surface area (Å²) >= 11 is 4.77. The van der Waals surface area contributed by atoms with Crippen LogP contribution in [-0.4, -0.2) is 27.5 Å². The third kappa shape index (κ3) is 4.36. The summed E-state index contributed by atoms with van der Waals surface area (Å²) < 4.78 is 6.94. The number of likely N-dealkylation sites (N-methyl/N-ethyl adjacent to an activating group) is 1. The van der Waals surface area contributed by atoms with E-state index >= 15 is 0 Å². The highest BCUT2D eigenvalue weighted by Gasteiger charge is 2.32. The molecule has 3 heterocycles. The molecule has 1 aromatic carbocycles. The molecule has 1 saturated heterocycles. The highest BCUT2D eigenvalue weighted by Crippen LogP contribution is 2.34. The topological polar surface area (TPSA) is 58.7 Å². The Hall–Kier alpha value is -2.64. The number of aliphatic imine (C=N–C) groups is 1. The SMILES string of the molecule is CCN1C(=O)/C(=C\c2ccc(-c3ccc(Br)cc3)o2)S/C1=N/c1cccc(C)n1. The summed E-state index contributed by atoms with van der Waals surface area (Å²) in [5.74, 6) is 1.90. The molecule has 0 radical (unpaired) electrons. The lowest BCUT2D eigenvalue weighted by Gasteiger charge is -2.11. The van der Waals surface area contributed by atoms with Gasteiger partial charge in [-0.25, -0.2) is 9.98 Å². The zero-order valence-corrected chi connectivity index (χ0v) is 18.3. The second kappa shape index (κ2) is 8.39. The van der Waals surface area contributed by atoms with Crippen LogP contribution in [0.2, 0.25) is 0 Å². The number of carbonyl (C=O) groups is 1. The Morgan fingerprint density at radius 2 is 1.97 bits per heavy atom. The van der Waals surface area contributed by atoms with Crippen molar-refractivity contribution in [2.45, 2.75) is 13.8 Å². The zero-order valence-electron chi connectivity index (χ0n) is 15.9. The number of amides is 1. The van der Waals surface area contributed by atoms with Gasteiger partial charge in [0.2, 0.25) is 0 Å². The standard InChI is InChI=1S/C22H18BrN3O2S/c1-3-26-21(27)19(29-22(26)25-20-6-4-5-14(2)24-20)13-17-11-12-18(28-17)15-7-9-16(23)10-8-15/h4-13H,3H2,1-2H3/b19-13+,25-22+. The summed E-state index contributed by atoms with van der Waals surface area (Å²) in [7, 11) is 0. The van der Waals surface area contributed by atoms with E-state index in [2.05, 4.69) is 25.9 Å². The first-order valence-electron chi connectivity index (χ1n) is 9.13. The molecule has 0 spiro atoms. The summed E-state index contributed by atoms with van der Waals surface area (Å²) in [5.41, 5.74) is 1.86. The number of rotatable bonds is 4. The molecule has 5 nitrogen and oxygen atoms in total. The number of benzene rings is 1. The number of pyridine rings is 1. The van der Waals surface area contributed by atoms with Crippen LogP contribution >= 0.6 is 27.7 Å². The number of hydrogen-bond acceptors (Lipinski definition) is 5. The van der Waals surface area contributed by atoms with Crippen molar-refractivity contribution >= 4 is 50.7 Å². The largest absolute Gasteiger partial charge is 0.457 e. The summed E-state index contributed by atoms with van der Waals surface area (Å²) in [6, 6.07) is 17.3. The lowest BCUT2D eigenvalue weighted by atomic mass is 10.2. The Balaban J connectivity index is 1.61. The highest BCUT2D eigenvalue weighted by molar-refractivity contribution is 9.10. The predicted octanol–water partition coefficient (Wildman–Crippen LogP) is 6.04. The van der Waals surface area contributed by atoms with Gasteiger partial charge in [0.15, 0.2) is 11.0 Å². The zero-order chi connectivity index (χ0) is 20.4. The average molecular weight is 468 g/mol. The minimum absolute atomic E-state index is 0.0782. The number of amidine groups is 1. The molecule has 3 aromatic rings. The van der Waals surface area contributed by atoms with Gasteiger partial charge in [0.05, 0.1) is 4.91 Å². The van der Waals surface area contributed by atoms with E-state index in [0.717, 1.165) is 21.5 Å². The van der Waals surface area contributed by atoms with Crippen LogP contribution in [0.5, 0.6) is 0 Å². The van der Waals surface area contributed by atoms with Crippen molar-refractivity contribution in [1.82, 2.24) is 9.88 Å². The number of hydrogen-bond donors (Lipinski definition) is 0. The third-order valence-corrected chi connectivity index (χ3v) is 5.85. The Bertz CT molecular complexity index is 1120. The second-order valence-corrected chi connectivity index (χ2v) is 8.33. The number of carbonyl (C=O) groups excluding carboxylic acids is 1. The van der Waals surface area contributed by atoms with Gasteiger partial charge in [0.25, 0.3) is 5.91 Å². The smallest absolute Gasteiger partial charge is 0.266 e. The minimum atomic E-state index is -0.0782. The number of furan rings is 1.